The zero-order valence-corrected chi connectivity index (χ0v) is 15.4. The quantitative estimate of drug-likeness (QED) is 0.748. The molecule has 1 N–H and O–H groups in total. The maximum absolute atomic E-state index is 13.8. The van der Waals surface area contributed by atoms with Crippen LogP contribution >= 0.6 is 0 Å². The van der Waals surface area contributed by atoms with Crippen molar-refractivity contribution in [3.05, 3.63) is 58.8 Å². The molecule has 0 unspecified atom stereocenters. The molecule has 3 aromatic rings. The van der Waals surface area contributed by atoms with Gasteiger partial charge in [0.25, 0.3) is 5.56 Å². The van der Waals surface area contributed by atoms with Crippen LogP contribution in [0.2, 0.25) is 0 Å². The van der Waals surface area contributed by atoms with Crippen molar-refractivity contribution < 1.29 is 4.39 Å². The summed E-state index contributed by atoms with van der Waals surface area (Å²) in [5.74, 6) is -0.124. The standard InChI is InChI=1S/C21H23FN4O/c1-2-26-19-13-20(23-14-15(19)12-18(22)21(26)27)24-16-6-8-17(9-7-16)25-10-4-3-5-11-25/h6-9,12-14H,2-5,10-11H2,1H3,(H,23,24). The van der Waals surface area contributed by atoms with Crippen LogP contribution in [0, 0.1) is 5.82 Å². The van der Waals surface area contributed by atoms with E-state index in [0.717, 1.165) is 18.8 Å². The van der Waals surface area contributed by atoms with Gasteiger partial charge in [-0.2, -0.15) is 0 Å². The summed E-state index contributed by atoms with van der Waals surface area (Å²) < 4.78 is 15.2. The number of hydrogen-bond donors (Lipinski definition) is 1. The molecule has 1 aromatic carbocycles. The number of nitrogens with one attached hydrogen (secondary N) is 1. The molecule has 3 heterocycles. The highest BCUT2D eigenvalue weighted by atomic mass is 19.1. The van der Waals surface area contributed by atoms with Gasteiger partial charge in [-0.3, -0.25) is 4.79 Å². The van der Waals surface area contributed by atoms with Crippen molar-refractivity contribution in [3.63, 3.8) is 0 Å². The van der Waals surface area contributed by atoms with E-state index in [1.807, 2.05) is 19.1 Å². The van der Waals surface area contributed by atoms with Crippen molar-refractivity contribution in [2.45, 2.75) is 32.7 Å². The predicted molar refractivity (Wildman–Crippen MR) is 107 cm³/mol. The van der Waals surface area contributed by atoms with Crippen LogP contribution in [0.15, 0.2) is 47.4 Å². The topological polar surface area (TPSA) is 50.2 Å². The zero-order chi connectivity index (χ0) is 18.8. The van der Waals surface area contributed by atoms with Gasteiger partial charge in [0.1, 0.15) is 5.82 Å². The van der Waals surface area contributed by atoms with Crippen LogP contribution in [0.3, 0.4) is 0 Å². The zero-order valence-electron chi connectivity index (χ0n) is 15.4. The largest absolute Gasteiger partial charge is 0.372 e. The molecule has 5 nitrogen and oxygen atoms in total. The lowest BCUT2D eigenvalue weighted by atomic mass is 10.1. The fourth-order valence-electron chi connectivity index (χ4n) is 3.67. The lowest BCUT2D eigenvalue weighted by Crippen LogP contribution is -2.29. The summed E-state index contributed by atoms with van der Waals surface area (Å²) in [6.07, 6.45) is 5.41. The molecule has 1 aliphatic heterocycles. The number of hydrogen-bond acceptors (Lipinski definition) is 4. The normalized spacial score (nSPS) is 14.5. The number of rotatable bonds is 4. The van der Waals surface area contributed by atoms with Gasteiger partial charge in [0.15, 0.2) is 5.82 Å². The number of piperidine rings is 1. The Kier molecular flexibility index (Phi) is 4.79. The van der Waals surface area contributed by atoms with Crippen molar-refractivity contribution in [3.8, 4) is 0 Å². The molecule has 4 rings (SSSR count). The molecular formula is C21H23FN4O. The molecule has 1 aliphatic rings. The van der Waals surface area contributed by atoms with E-state index in [1.165, 1.54) is 35.6 Å². The van der Waals surface area contributed by atoms with Gasteiger partial charge >= 0.3 is 0 Å². The van der Waals surface area contributed by atoms with Crippen molar-refractivity contribution in [2.75, 3.05) is 23.3 Å². The van der Waals surface area contributed by atoms with Crippen LogP contribution in [0.4, 0.5) is 21.6 Å². The molecule has 2 aromatic heterocycles. The summed E-state index contributed by atoms with van der Waals surface area (Å²) in [5.41, 5.74) is 2.23. The number of fused-ring (bicyclic) bond motifs is 1. The summed E-state index contributed by atoms with van der Waals surface area (Å²) in [7, 11) is 0. The Labute approximate surface area is 157 Å². The second kappa shape index (κ2) is 7.39. The van der Waals surface area contributed by atoms with E-state index < -0.39 is 11.4 Å². The monoisotopic (exact) mass is 366 g/mol. The number of anilines is 3. The lowest BCUT2D eigenvalue weighted by Gasteiger charge is -2.28. The van der Waals surface area contributed by atoms with Crippen molar-refractivity contribution >= 4 is 28.1 Å². The van der Waals surface area contributed by atoms with E-state index in [4.69, 9.17) is 0 Å². The third-order valence-corrected chi connectivity index (χ3v) is 5.11. The van der Waals surface area contributed by atoms with E-state index in [-0.39, 0.29) is 0 Å². The molecule has 0 saturated carbocycles. The first-order valence-corrected chi connectivity index (χ1v) is 9.47. The molecular weight excluding hydrogens is 343 g/mol. The van der Waals surface area contributed by atoms with Crippen molar-refractivity contribution in [1.82, 2.24) is 9.55 Å². The SMILES string of the molecule is CCn1c(=O)c(F)cc2cnc(Nc3ccc(N4CCCCC4)cc3)cc21. The first kappa shape index (κ1) is 17.5. The molecule has 0 spiro atoms. The van der Waals surface area contributed by atoms with Gasteiger partial charge in [-0.05, 0) is 56.5 Å². The minimum Gasteiger partial charge on any atom is -0.372 e. The van der Waals surface area contributed by atoms with Crippen LogP contribution in [-0.4, -0.2) is 22.6 Å². The molecule has 0 radical (unpaired) electrons. The Hall–Kier alpha value is -2.89. The van der Waals surface area contributed by atoms with Gasteiger partial charge < -0.3 is 14.8 Å². The van der Waals surface area contributed by atoms with Gasteiger partial charge in [0.2, 0.25) is 0 Å². The Morgan fingerprint density at radius 1 is 1.11 bits per heavy atom. The highest BCUT2D eigenvalue weighted by Gasteiger charge is 2.11. The lowest BCUT2D eigenvalue weighted by molar-refractivity contribution is 0.578. The van der Waals surface area contributed by atoms with E-state index in [1.54, 1.807) is 12.3 Å². The maximum Gasteiger partial charge on any atom is 0.287 e. The highest BCUT2D eigenvalue weighted by Crippen LogP contribution is 2.24. The smallest absolute Gasteiger partial charge is 0.287 e. The average molecular weight is 366 g/mol. The predicted octanol–water partition coefficient (Wildman–Crippen LogP) is 4.29. The molecule has 140 valence electrons. The number of pyridine rings is 2. The molecule has 0 bridgehead atoms. The summed E-state index contributed by atoms with van der Waals surface area (Å²) in [6, 6.07) is 11.3. The summed E-state index contributed by atoms with van der Waals surface area (Å²) in [5, 5.41) is 3.88. The molecule has 1 saturated heterocycles. The van der Waals surface area contributed by atoms with Gasteiger partial charge in [-0.25, -0.2) is 9.37 Å². The Balaban J connectivity index is 1.59. The van der Waals surface area contributed by atoms with Crippen LogP contribution in [-0.2, 0) is 6.54 Å². The molecule has 1 fully saturated rings. The van der Waals surface area contributed by atoms with E-state index in [9.17, 15) is 9.18 Å². The third-order valence-electron chi connectivity index (χ3n) is 5.11. The number of nitrogens with zero attached hydrogens (tertiary/aromatic N) is 3. The van der Waals surface area contributed by atoms with Crippen molar-refractivity contribution in [1.29, 1.82) is 0 Å². The first-order valence-electron chi connectivity index (χ1n) is 9.47. The fraction of sp³-hybridized carbons (Fsp3) is 0.333. The van der Waals surface area contributed by atoms with Gasteiger partial charge in [0.05, 0.1) is 5.52 Å². The van der Waals surface area contributed by atoms with Crippen LogP contribution in [0.5, 0.6) is 0 Å². The maximum atomic E-state index is 13.8. The summed E-state index contributed by atoms with van der Waals surface area (Å²) >= 11 is 0. The van der Waals surface area contributed by atoms with Crippen molar-refractivity contribution in [2.24, 2.45) is 0 Å². The molecule has 6 heteroatoms. The number of benzene rings is 1. The second-order valence-corrected chi connectivity index (χ2v) is 6.89. The van der Waals surface area contributed by atoms with Crippen LogP contribution in [0.25, 0.3) is 10.9 Å². The fourth-order valence-corrected chi connectivity index (χ4v) is 3.67. The number of halogens is 1. The number of aromatic nitrogens is 2. The molecule has 0 aliphatic carbocycles. The Morgan fingerprint density at radius 3 is 2.56 bits per heavy atom. The molecule has 0 amide bonds. The summed E-state index contributed by atoms with van der Waals surface area (Å²) in [4.78, 5) is 18.8. The second-order valence-electron chi connectivity index (χ2n) is 6.89. The first-order chi connectivity index (χ1) is 13.2. The van der Waals surface area contributed by atoms with Gasteiger partial charge in [0, 0.05) is 48.7 Å². The molecule has 27 heavy (non-hydrogen) atoms. The van der Waals surface area contributed by atoms with Gasteiger partial charge in [-0.1, -0.05) is 0 Å². The Morgan fingerprint density at radius 2 is 1.85 bits per heavy atom. The van der Waals surface area contributed by atoms with E-state index >= 15 is 0 Å². The third kappa shape index (κ3) is 3.52. The minimum absolute atomic E-state index is 0.404. The van der Waals surface area contributed by atoms with Gasteiger partial charge in [-0.15, -0.1) is 0 Å². The Bertz CT molecular complexity index is 1010. The van der Waals surface area contributed by atoms with Crippen LogP contribution in [0.1, 0.15) is 26.2 Å². The van der Waals surface area contributed by atoms with E-state index in [0.29, 0.717) is 23.3 Å². The molecule has 0 atom stereocenters. The number of aryl methyl sites for hydroxylation is 1. The minimum atomic E-state index is -0.750. The summed E-state index contributed by atoms with van der Waals surface area (Å²) in [6.45, 7) is 4.46. The van der Waals surface area contributed by atoms with Crippen LogP contribution < -0.4 is 15.8 Å². The van der Waals surface area contributed by atoms with E-state index in [2.05, 4.69) is 27.3 Å². The highest BCUT2D eigenvalue weighted by molar-refractivity contribution is 5.81. The average Bonchev–Trinajstić information content (AvgIpc) is 2.71.